The zero-order chi connectivity index (χ0) is 15.6. The summed E-state index contributed by atoms with van der Waals surface area (Å²) in [6.45, 7) is 0. The predicted molar refractivity (Wildman–Crippen MR) is 78.1 cm³/mol. The Morgan fingerprint density at radius 3 is 2.67 bits per heavy atom. The van der Waals surface area contributed by atoms with Gasteiger partial charge in [-0.3, -0.25) is 14.9 Å². The maximum atomic E-state index is 11.6. The van der Waals surface area contributed by atoms with Crippen LogP contribution < -0.4 is 14.8 Å². The number of piperidine rings is 1. The molecule has 2 atom stereocenters. The maximum absolute atomic E-state index is 11.6. The molecule has 1 aromatic carbocycles. The van der Waals surface area contributed by atoms with Gasteiger partial charge in [0.2, 0.25) is 11.9 Å². The molecular weight excluding hydrogens is 344 g/mol. The number of methoxy groups -OCH3 is 2. The van der Waals surface area contributed by atoms with Crippen LogP contribution in [0.1, 0.15) is 24.4 Å². The van der Waals surface area contributed by atoms with E-state index in [9.17, 15) is 14.9 Å². The Kier molecular flexibility index (Phi) is 4.66. The Bertz CT molecular complexity index is 578. The summed E-state index contributed by atoms with van der Waals surface area (Å²) in [7, 11) is 2.99. The SMILES string of the molecule is COc1cc([C@H]2NC(=O)CC[C@@H]2[N+](=O)[O-])cc(Br)c1OC. The van der Waals surface area contributed by atoms with Gasteiger partial charge in [0.05, 0.1) is 18.7 Å². The van der Waals surface area contributed by atoms with Crippen molar-refractivity contribution in [3.63, 3.8) is 0 Å². The van der Waals surface area contributed by atoms with Crippen molar-refractivity contribution < 1.29 is 19.2 Å². The van der Waals surface area contributed by atoms with Crippen LogP contribution in [-0.2, 0) is 4.79 Å². The third-order valence-corrected chi connectivity index (χ3v) is 4.04. The third kappa shape index (κ3) is 3.10. The van der Waals surface area contributed by atoms with E-state index in [0.29, 0.717) is 21.5 Å². The number of nitrogens with zero attached hydrogens (tertiary/aromatic N) is 1. The molecule has 0 unspecified atom stereocenters. The second kappa shape index (κ2) is 6.30. The molecule has 114 valence electrons. The highest BCUT2D eigenvalue weighted by Crippen LogP contribution is 2.39. The van der Waals surface area contributed by atoms with E-state index < -0.39 is 12.1 Å². The van der Waals surface area contributed by atoms with Gasteiger partial charge in [-0.2, -0.15) is 0 Å². The molecule has 0 bridgehead atoms. The van der Waals surface area contributed by atoms with Gasteiger partial charge in [-0.1, -0.05) is 0 Å². The minimum Gasteiger partial charge on any atom is -0.493 e. The summed E-state index contributed by atoms with van der Waals surface area (Å²) in [5.41, 5.74) is 0.606. The average Bonchev–Trinajstić information content (AvgIpc) is 2.45. The molecule has 1 aromatic rings. The molecule has 21 heavy (non-hydrogen) atoms. The van der Waals surface area contributed by atoms with E-state index in [2.05, 4.69) is 21.2 Å². The standard InChI is InChI=1S/C13H15BrN2O5/c1-20-10-6-7(5-8(14)13(10)21-2)12-9(16(18)19)3-4-11(17)15-12/h5-6,9,12H,3-4H2,1-2H3,(H,15,17)/t9-,12+/m0/s1. The summed E-state index contributed by atoms with van der Waals surface area (Å²) >= 11 is 3.35. The number of carbonyl (C=O) groups excluding carboxylic acids is 1. The number of benzene rings is 1. The van der Waals surface area contributed by atoms with E-state index in [-0.39, 0.29) is 23.7 Å². The lowest BCUT2D eigenvalue weighted by atomic mass is 9.92. The first kappa shape index (κ1) is 15.6. The van der Waals surface area contributed by atoms with Gasteiger partial charge >= 0.3 is 0 Å². The number of rotatable bonds is 4. The molecule has 2 rings (SSSR count). The quantitative estimate of drug-likeness (QED) is 0.657. The van der Waals surface area contributed by atoms with Crippen molar-refractivity contribution in [2.45, 2.75) is 24.9 Å². The number of hydrogen-bond acceptors (Lipinski definition) is 5. The van der Waals surface area contributed by atoms with Crippen molar-refractivity contribution in [1.29, 1.82) is 0 Å². The van der Waals surface area contributed by atoms with Crippen molar-refractivity contribution in [3.8, 4) is 11.5 Å². The fourth-order valence-electron chi connectivity index (χ4n) is 2.44. The third-order valence-electron chi connectivity index (χ3n) is 3.45. The van der Waals surface area contributed by atoms with Gasteiger partial charge < -0.3 is 14.8 Å². The first-order valence-corrected chi connectivity index (χ1v) is 7.11. The lowest BCUT2D eigenvalue weighted by Gasteiger charge is -2.27. The van der Waals surface area contributed by atoms with Crippen LogP contribution in [0.3, 0.4) is 0 Å². The smallest absolute Gasteiger partial charge is 0.237 e. The molecule has 1 saturated heterocycles. The van der Waals surface area contributed by atoms with E-state index in [1.54, 1.807) is 12.1 Å². The molecule has 0 aromatic heterocycles. The second-order valence-electron chi connectivity index (χ2n) is 4.67. The van der Waals surface area contributed by atoms with Crippen molar-refractivity contribution >= 4 is 21.8 Å². The molecule has 0 radical (unpaired) electrons. The van der Waals surface area contributed by atoms with Gasteiger partial charge in [-0.05, 0) is 33.6 Å². The highest BCUT2D eigenvalue weighted by atomic mass is 79.9. The molecular formula is C13H15BrN2O5. The molecule has 7 nitrogen and oxygen atoms in total. The Morgan fingerprint density at radius 1 is 1.38 bits per heavy atom. The number of halogens is 1. The number of nitrogens with one attached hydrogen (secondary N) is 1. The lowest BCUT2D eigenvalue weighted by Crippen LogP contribution is -2.45. The molecule has 0 saturated carbocycles. The van der Waals surface area contributed by atoms with Gasteiger partial charge in [0.15, 0.2) is 11.5 Å². The Morgan fingerprint density at radius 2 is 2.10 bits per heavy atom. The summed E-state index contributed by atoms with van der Waals surface area (Å²) in [4.78, 5) is 22.4. The summed E-state index contributed by atoms with van der Waals surface area (Å²) in [5.74, 6) is 0.758. The predicted octanol–water partition coefficient (Wildman–Crippen LogP) is 2.06. The molecule has 1 aliphatic heterocycles. The number of ether oxygens (including phenoxy) is 2. The minimum absolute atomic E-state index is 0.163. The number of nitro groups is 1. The van der Waals surface area contributed by atoms with Crippen LogP contribution in [0.2, 0.25) is 0 Å². The molecule has 1 heterocycles. The van der Waals surface area contributed by atoms with Crippen LogP contribution in [0, 0.1) is 10.1 Å². The van der Waals surface area contributed by atoms with Crippen molar-refractivity contribution in [2.75, 3.05) is 14.2 Å². The van der Waals surface area contributed by atoms with Gasteiger partial charge in [0.25, 0.3) is 0 Å². The van der Waals surface area contributed by atoms with E-state index >= 15 is 0 Å². The Labute approximate surface area is 129 Å². The molecule has 0 spiro atoms. The zero-order valence-corrected chi connectivity index (χ0v) is 13.2. The fraction of sp³-hybridized carbons (Fsp3) is 0.462. The fourth-order valence-corrected chi connectivity index (χ4v) is 3.06. The van der Waals surface area contributed by atoms with Crippen LogP contribution >= 0.6 is 15.9 Å². The Balaban J connectivity index is 2.45. The molecule has 1 fully saturated rings. The topological polar surface area (TPSA) is 90.7 Å². The van der Waals surface area contributed by atoms with Crippen molar-refractivity contribution in [1.82, 2.24) is 5.32 Å². The normalized spacial score (nSPS) is 21.6. The van der Waals surface area contributed by atoms with Crippen LogP contribution in [0.4, 0.5) is 0 Å². The number of amides is 1. The highest BCUT2D eigenvalue weighted by Gasteiger charge is 2.38. The second-order valence-corrected chi connectivity index (χ2v) is 5.53. The van der Waals surface area contributed by atoms with Crippen LogP contribution in [0.5, 0.6) is 11.5 Å². The van der Waals surface area contributed by atoms with Crippen LogP contribution in [0.15, 0.2) is 16.6 Å². The van der Waals surface area contributed by atoms with Gasteiger partial charge in [-0.25, -0.2) is 0 Å². The van der Waals surface area contributed by atoms with E-state index in [1.807, 2.05) is 0 Å². The summed E-state index contributed by atoms with van der Waals surface area (Å²) < 4.78 is 11.1. The van der Waals surface area contributed by atoms with E-state index in [4.69, 9.17) is 9.47 Å². The zero-order valence-electron chi connectivity index (χ0n) is 11.6. The van der Waals surface area contributed by atoms with Gasteiger partial charge in [-0.15, -0.1) is 0 Å². The molecule has 1 N–H and O–H groups in total. The maximum Gasteiger partial charge on any atom is 0.237 e. The first-order valence-electron chi connectivity index (χ1n) is 6.32. The van der Waals surface area contributed by atoms with Gasteiger partial charge in [0.1, 0.15) is 6.04 Å². The average molecular weight is 359 g/mol. The summed E-state index contributed by atoms with van der Waals surface area (Å²) in [5, 5.41) is 13.9. The molecule has 1 amide bonds. The number of carbonyl (C=O) groups is 1. The lowest BCUT2D eigenvalue weighted by molar-refractivity contribution is -0.529. The summed E-state index contributed by atoms with van der Waals surface area (Å²) in [6, 6.07) is 1.81. The van der Waals surface area contributed by atoms with Gasteiger partial charge in [0, 0.05) is 17.8 Å². The molecule has 1 aliphatic rings. The molecule has 0 aliphatic carbocycles. The largest absolute Gasteiger partial charge is 0.493 e. The Hall–Kier alpha value is -1.83. The van der Waals surface area contributed by atoms with Crippen molar-refractivity contribution in [2.24, 2.45) is 0 Å². The van der Waals surface area contributed by atoms with Crippen LogP contribution in [0.25, 0.3) is 0 Å². The number of hydrogen-bond donors (Lipinski definition) is 1. The first-order chi connectivity index (χ1) is 9.97. The molecule has 8 heteroatoms. The van der Waals surface area contributed by atoms with Crippen LogP contribution in [-0.4, -0.2) is 31.1 Å². The summed E-state index contributed by atoms with van der Waals surface area (Å²) in [6.07, 6.45) is 0.381. The van der Waals surface area contributed by atoms with Crippen molar-refractivity contribution in [3.05, 3.63) is 32.3 Å². The van der Waals surface area contributed by atoms with E-state index in [1.165, 1.54) is 14.2 Å². The van der Waals surface area contributed by atoms with E-state index in [0.717, 1.165) is 0 Å². The minimum atomic E-state index is -0.854. The highest BCUT2D eigenvalue weighted by molar-refractivity contribution is 9.10. The monoisotopic (exact) mass is 358 g/mol.